The Morgan fingerprint density at radius 2 is 1.88 bits per heavy atom. The van der Waals surface area contributed by atoms with E-state index in [-0.39, 0.29) is 5.91 Å². The van der Waals surface area contributed by atoms with Gasteiger partial charge < -0.3 is 10.1 Å². The molecular weight excluding hydrogens is 350 g/mol. The normalized spacial score (nSPS) is 10.6. The second-order valence-electron chi connectivity index (χ2n) is 5.84. The van der Waals surface area contributed by atoms with Gasteiger partial charge >= 0.3 is 0 Å². The number of hydrogen-bond donors (Lipinski definition) is 1. The highest BCUT2D eigenvalue weighted by molar-refractivity contribution is 6.31. The van der Waals surface area contributed by atoms with E-state index in [9.17, 15) is 4.79 Å². The Labute approximate surface area is 157 Å². The van der Waals surface area contributed by atoms with Gasteiger partial charge in [0.25, 0.3) is 5.91 Å². The van der Waals surface area contributed by atoms with Crippen molar-refractivity contribution in [2.45, 2.75) is 19.9 Å². The molecule has 0 radical (unpaired) electrons. The van der Waals surface area contributed by atoms with Crippen LogP contribution < -0.4 is 10.1 Å². The van der Waals surface area contributed by atoms with Crippen molar-refractivity contribution >= 4 is 23.3 Å². The van der Waals surface area contributed by atoms with E-state index < -0.39 is 0 Å². The first-order valence-electron chi connectivity index (χ1n) is 8.35. The summed E-state index contributed by atoms with van der Waals surface area (Å²) in [5.74, 6) is 0.775. The first-order chi connectivity index (χ1) is 12.6. The summed E-state index contributed by atoms with van der Waals surface area (Å²) in [5, 5.41) is 7.65. The predicted octanol–water partition coefficient (Wildman–Crippen LogP) is 4.41. The summed E-state index contributed by atoms with van der Waals surface area (Å²) in [4.78, 5) is 12.6. The summed E-state index contributed by atoms with van der Waals surface area (Å²) in [5.41, 5.74) is 2.78. The van der Waals surface area contributed by atoms with Gasteiger partial charge in [-0.2, -0.15) is 5.10 Å². The number of nitrogens with one attached hydrogen (secondary N) is 1. The molecule has 1 amide bonds. The Balaban J connectivity index is 1.78. The lowest BCUT2D eigenvalue weighted by Crippen LogP contribution is -2.17. The maximum atomic E-state index is 12.6. The molecular formula is C20H20ClN3O2. The Morgan fingerprint density at radius 3 is 2.58 bits per heavy atom. The van der Waals surface area contributed by atoms with Crippen LogP contribution in [0, 0.1) is 0 Å². The molecule has 1 heterocycles. The fourth-order valence-corrected chi connectivity index (χ4v) is 2.83. The molecule has 0 atom stereocenters. The Kier molecular flexibility index (Phi) is 5.58. The summed E-state index contributed by atoms with van der Waals surface area (Å²) in [6.45, 7) is 2.69. The molecule has 0 aliphatic carbocycles. The molecule has 6 heteroatoms. The highest BCUT2D eigenvalue weighted by Crippen LogP contribution is 2.24. The fourth-order valence-electron chi connectivity index (χ4n) is 2.66. The van der Waals surface area contributed by atoms with Gasteiger partial charge in [0.15, 0.2) is 0 Å². The van der Waals surface area contributed by atoms with Crippen molar-refractivity contribution in [2.24, 2.45) is 0 Å². The maximum Gasteiger partial charge on any atom is 0.260 e. The molecule has 0 saturated carbocycles. The standard InChI is InChI=1S/C20H20ClN3O2/c1-3-14-4-6-15(7-5-14)13-24-19(10-11-22-24)23-20(25)17-12-16(21)8-9-18(17)26-2/h4-12H,3,13H2,1-2H3,(H,23,25). The smallest absolute Gasteiger partial charge is 0.260 e. The molecule has 0 saturated heterocycles. The number of carbonyl (C=O) groups is 1. The summed E-state index contributed by atoms with van der Waals surface area (Å²) >= 11 is 6.01. The number of aryl methyl sites for hydroxylation is 1. The minimum atomic E-state index is -0.299. The van der Waals surface area contributed by atoms with Crippen molar-refractivity contribution in [3.05, 3.63) is 76.4 Å². The molecule has 0 spiro atoms. The number of hydrogen-bond acceptors (Lipinski definition) is 3. The quantitative estimate of drug-likeness (QED) is 0.700. The molecule has 2 aromatic carbocycles. The molecule has 0 aliphatic heterocycles. The molecule has 0 aliphatic rings. The van der Waals surface area contributed by atoms with Crippen molar-refractivity contribution in [1.29, 1.82) is 0 Å². The molecule has 3 aromatic rings. The van der Waals surface area contributed by atoms with Crippen molar-refractivity contribution in [3.63, 3.8) is 0 Å². The fraction of sp³-hybridized carbons (Fsp3) is 0.200. The Hall–Kier alpha value is -2.79. The zero-order valence-electron chi connectivity index (χ0n) is 14.7. The number of ether oxygens (including phenoxy) is 1. The van der Waals surface area contributed by atoms with Gasteiger partial charge in [0.2, 0.25) is 0 Å². The van der Waals surface area contributed by atoms with Crippen molar-refractivity contribution in [1.82, 2.24) is 9.78 Å². The highest BCUT2D eigenvalue weighted by Gasteiger charge is 2.15. The van der Waals surface area contributed by atoms with Crippen LogP contribution in [-0.2, 0) is 13.0 Å². The number of methoxy groups -OCH3 is 1. The van der Waals surface area contributed by atoms with E-state index in [1.165, 1.54) is 12.7 Å². The molecule has 134 valence electrons. The van der Waals surface area contributed by atoms with Crippen LogP contribution in [0.1, 0.15) is 28.4 Å². The number of amides is 1. The predicted molar refractivity (Wildman–Crippen MR) is 103 cm³/mol. The SMILES string of the molecule is CCc1ccc(Cn2nccc2NC(=O)c2cc(Cl)ccc2OC)cc1. The van der Waals surface area contributed by atoms with Gasteiger partial charge in [-0.25, -0.2) is 4.68 Å². The van der Waals surface area contributed by atoms with Gasteiger partial charge in [-0.1, -0.05) is 42.8 Å². The van der Waals surface area contributed by atoms with Gasteiger partial charge in [-0.15, -0.1) is 0 Å². The number of halogens is 1. The monoisotopic (exact) mass is 369 g/mol. The number of benzene rings is 2. The molecule has 0 unspecified atom stereocenters. The van der Waals surface area contributed by atoms with Crippen molar-refractivity contribution in [2.75, 3.05) is 12.4 Å². The molecule has 0 bridgehead atoms. The van der Waals surface area contributed by atoms with Crippen molar-refractivity contribution < 1.29 is 9.53 Å². The first-order valence-corrected chi connectivity index (χ1v) is 8.73. The van der Waals surface area contributed by atoms with E-state index >= 15 is 0 Å². The third-order valence-corrected chi connectivity index (χ3v) is 4.36. The third-order valence-electron chi connectivity index (χ3n) is 4.13. The van der Waals surface area contributed by atoms with E-state index in [4.69, 9.17) is 16.3 Å². The number of rotatable bonds is 6. The summed E-state index contributed by atoms with van der Waals surface area (Å²) < 4.78 is 6.99. The van der Waals surface area contributed by atoms with Crippen LogP contribution in [0.15, 0.2) is 54.7 Å². The average Bonchev–Trinajstić information content (AvgIpc) is 3.09. The lowest BCUT2D eigenvalue weighted by Gasteiger charge is -2.12. The Bertz CT molecular complexity index is 904. The molecule has 1 aromatic heterocycles. The maximum absolute atomic E-state index is 12.6. The molecule has 26 heavy (non-hydrogen) atoms. The van der Waals surface area contributed by atoms with E-state index in [0.29, 0.717) is 28.7 Å². The highest BCUT2D eigenvalue weighted by atomic mass is 35.5. The van der Waals surface area contributed by atoms with Gasteiger partial charge in [0, 0.05) is 11.1 Å². The van der Waals surface area contributed by atoms with E-state index in [1.807, 2.05) is 0 Å². The minimum Gasteiger partial charge on any atom is -0.496 e. The van der Waals surface area contributed by atoms with E-state index in [2.05, 4.69) is 41.6 Å². The minimum absolute atomic E-state index is 0.299. The van der Waals surface area contributed by atoms with Gasteiger partial charge in [0.05, 0.1) is 25.4 Å². The zero-order valence-corrected chi connectivity index (χ0v) is 15.5. The second-order valence-corrected chi connectivity index (χ2v) is 6.28. The summed E-state index contributed by atoms with van der Waals surface area (Å²) in [7, 11) is 1.52. The van der Waals surface area contributed by atoms with E-state index in [1.54, 1.807) is 35.1 Å². The third kappa shape index (κ3) is 4.06. The number of carbonyl (C=O) groups excluding carboxylic acids is 1. The van der Waals surface area contributed by atoms with Gasteiger partial charge in [-0.3, -0.25) is 4.79 Å². The van der Waals surface area contributed by atoms with Crippen LogP contribution in [0.2, 0.25) is 5.02 Å². The first kappa shape index (κ1) is 18.0. The van der Waals surface area contributed by atoms with Gasteiger partial charge in [0.1, 0.15) is 11.6 Å². The van der Waals surface area contributed by atoms with Crippen molar-refractivity contribution in [3.8, 4) is 5.75 Å². The van der Waals surface area contributed by atoms with Gasteiger partial charge in [-0.05, 0) is 35.7 Å². The Morgan fingerprint density at radius 1 is 1.15 bits per heavy atom. The van der Waals surface area contributed by atoms with E-state index in [0.717, 1.165) is 12.0 Å². The van der Waals surface area contributed by atoms with Crippen LogP contribution in [-0.4, -0.2) is 22.8 Å². The summed E-state index contributed by atoms with van der Waals surface area (Å²) in [6, 6.07) is 15.1. The largest absolute Gasteiger partial charge is 0.496 e. The zero-order chi connectivity index (χ0) is 18.5. The second kappa shape index (κ2) is 8.06. The number of anilines is 1. The lowest BCUT2D eigenvalue weighted by atomic mass is 10.1. The lowest BCUT2D eigenvalue weighted by molar-refractivity contribution is 0.102. The van der Waals surface area contributed by atoms with Crippen LogP contribution in [0.5, 0.6) is 5.75 Å². The van der Waals surface area contributed by atoms with Crippen LogP contribution in [0.4, 0.5) is 5.82 Å². The van der Waals surface area contributed by atoms with Crippen LogP contribution in [0.25, 0.3) is 0 Å². The molecule has 0 fully saturated rings. The summed E-state index contributed by atoms with van der Waals surface area (Å²) in [6.07, 6.45) is 2.66. The van der Waals surface area contributed by atoms with Crippen LogP contribution in [0.3, 0.4) is 0 Å². The topological polar surface area (TPSA) is 56.2 Å². The molecule has 1 N–H and O–H groups in total. The van der Waals surface area contributed by atoms with Crippen LogP contribution >= 0.6 is 11.6 Å². The average molecular weight is 370 g/mol. The molecule has 3 rings (SSSR count). The number of nitrogens with zero attached hydrogens (tertiary/aromatic N) is 2. The number of aromatic nitrogens is 2. The molecule has 5 nitrogen and oxygen atoms in total.